The van der Waals surface area contributed by atoms with Gasteiger partial charge in [-0.05, 0) is 18.2 Å². The summed E-state index contributed by atoms with van der Waals surface area (Å²) in [7, 11) is 0. The van der Waals surface area contributed by atoms with E-state index in [4.69, 9.17) is 5.11 Å². The highest BCUT2D eigenvalue weighted by atomic mass is 79.9. The third-order valence-electron chi connectivity index (χ3n) is 3.38. The first-order chi connectivity index (χ1) is 11.6. The van der Waals surface area contributed by atoms with E-state index < -0.39 is 5.97 Å². The molecule has 1 heterocycles. The number of rotatable bonds is 5. The number of hydrogen-bond acceptors (Lipinski definition) is 4. The van der Waals surface area contributed by atoms with Crippen LogP contribution >= 0.6 is 15.9 Å². The predicted molar refractivity (Wildman–Crippen MR) is 95.9 cm³/mol. The van der Waals surface area contributed by atoms with Gasteiger partial charge in [-0.15, -0.1) is 0 Å². The molecule has 0 aliphatic carbocycles. The lowest BCUT2D eigenvalue weighted by Gasteiger charge is -2.08. The van der Waals surface area contributed by atoms with E-state index in [1.807, 2.05) is 36.4 Å². The lowest BCUT2D eigenvalue weighted by atomic mass is 10.2. The van der Waals surface area contributed by atoms with E-state index >= 15 is 0 Å². The Morgan fingerprint density at radius 2 is 1.79 bits per heavy atom. The van der Waals surface area contributed by atoms with Gasteiger partial charge in [0.2, 0.25) is 0 Å². The average molecular weight is 384 g/mol. The number of carbonyl (C=O) groups is 1. The molecule has 3 rings (SSSR count). The molecule has 0 bridgehead atoms. The van der Waals surface area contributed by atoms with Gasteiger partial charge in [-0.2, -0.15) is 0 Å². The third kappa shape index (κ3) is 3.97. The summed E-state index contributed by atoms with van der Waals surface area (Å²) in [5, 5.41) is 12.3. The first-order valence-corrected chi connectivity index (χ1v) is 8.05. The minimum absolute atomic E-state index is 0.225. The van der Waals surface area contributed by atoms with E-state index in [1.165, 1.54) is 0 Å². The van der Waals surface area contributed by atoms with Crippen molar-refractivity contribution in [3.05, 3.63) is 76.5 Å². The Balaban J connectivity index is 1.70. The molecule has 0 radical (unpaired) electrons. The predicted octanol–water partition coefficient (Wildman–Crippen LogP) is 4.22. The van der Waals surface area contributed by atoms with E-state index in [2.05, 4.69) is 31.2 Å². The van der Waals surface area contributed by atoms with Crippen LogP contribution in [-0.4, -0.2) is 21.0 Å². The molecule has 0 saturated carbocycles. The van der Waals surface area contributed by atoms with Crippen molar-refractivity contribution >= 4 is 27.6 Å². The van der Waals surface area contributed by atoms with Gasteiger partial charge in [-0.1, -0.05) is 46.3 Å². The number of nitrogens with zero attached hydrogens (tertiary/aromatic N) is 2. The van der Waals surface area contributed by atoms with Crippen LogP contribution in [0, 0.1) is 0 Å². The molecule has 5 nitrogen and oxygen atoms in total. The smallest absolute Gasteiger partial charge is 0.335 e. The fraction of sp³-hybridized carbons (Fsp3) is 0.0556. The first kappa shape index (κ1) is 16.1. The van der Waals surface area contributed by atoms with E-state index in [-0.39, 0.29) is 5.56 Å². The largest absolute Gasteiger partial charge is 0.478 e. The van der Waals surface area contributed by atoms with Crippen molar-refractivity contribution in [2.75, 3.05) is 5.32 Å². The van der Waals surface area contributed by atoms with E-state index in [1.54, 1.807) is 24.5 Å². The van der Waals surface area contributed by atoms with Crippen molar-refractivity contribution in [3.8, 4) is 11.4 Å². The Morgan fingerprint density at radius 1 is 1.08 bits per heavy atom. The molecule has 0 amide bonds. The summed E-state index contributed by atoms with van der Waals surface area (Å²) in [6.45, 7) is 0.505. The molecule has 24 heavy (non-hydrogen) atoms. The number of halogens is 1. The maximum absolute atomic E-state index is 11.1. The van der Waals surface area contributed by atoms with Gasteiger partial charge in [0, 0.05) is 40.2 Å². The summed E-state index contributed by atoms with van der Waals surface area (Å²) >= 11 is 3.31. The highest BCUT2D eigenvalue weighted by Crippen LogP contribution is 2.20. The first-order valence-electron chi connectivity index (χ1n) is 7.26. The summed E-state index contributed by atoms with van der Waals surface area (Å²) < 4.78 is 0.709. The topological polar surface area (TPSA) is 75.1 Å². The van der Waals surface area contributed by atoms with Gasteiger partial charge >= 0.3 is 5.97 Å². The summed E-state index contributed by atoms with van der Waals surface area (Å²) in [5.41, 5.74) is 2.82. The molecule has 120 valence electrons. The van der Waals surface area contributed by atoms with Crippen LogP contribution < -0.4 is 5.32 Å². The molecule has 0 unspecified atom stereocenters. The normalized spacial score (nSPS) is 10.4. The fourth-order valence-electron chi connectivity index (χ4n) is 2.20. The van der Waals surface area contributed by atoms with Crippen molar-refractivity contribution < 1.29 is 9.90 Å². The van der Waals surface area contributed by atoms with Gasteiger partial charge in [0.15, 0.2) is 5.82 Å². The Hall–Kier alpha value is -2.73. The van der Waals surface area contributed by atoms with Gasteiger partial charge in [-0.25, -0.2) is 14.8 Å². The lowest BCUT2D eigenvalue weighted by molar-refractivity contribution is 0.0697. The van der Waals surface area contributed by atoms with Crippen molar-refractivity contribution in [2.45, 2.75) is 6.54 Å². The second-order valence-corrected chi connectivity index (χ2v) is 6.08. The molecule has 2 aromatic carbocycles. The van der Waals surface area contributed by atoms with E-state index in [0.29, 0.717) is 22.5 Å². The second-order valence-electron chi connectivity index (χ2n) is 5.17. The minimum Gasteiger partial charge on any atom is -0.478 e. The zero-order valence-corrected chi connectivity index (χ0v) is 14.2. The molecular formula is C18H14BrN3O2. The van der Waals surface area contributed by atoms with Crippen LogP contribution in [0.15, 0.2) is 65.4 Å². The average Bonchev–Trinajstić information content (AvgIpc) is 2.61. The molecule has 0 saturated heterocycles. The van der Waals surface area contributed by atoms with Crippen LogP contribution in [0.3, 0.4) is 0 Å². The SMILES string of the molecule is O=C(O)c1cc(Br)cc(NCc2cnc(-c3ccccc3)nc2)c1. The van der Waals surface area contributed by atoms with Gasteiger partial charge in [0.05, 0.1) is 5.56 Å². The lowest BCUT2D eigenvalue weighted by Crippen LogP contribution is -2.03. The number of aromatic carboxylic acids is 1. The van der Waals surface area contributed by atoms with Gasteiger partial charge in [0.1, 0.15) is 0 Å². The fourth-order valence-corrected chi connectivity index (χ4v) is 2.69. The van der Waals surface area contributed by atoms with Crippen molar-refractivity contribution in [1.29, 1.82) is 0 Å². The second kappa shape index (κ2) is 7.23. The van der Waals surface area contributed by atoms with Gasteiger partial charge in [-0.3, -0.25) is 0 Å². The highest BCUT2D eigenvalue weighted by Gasteiger charge is 2.06. The minimum atomic E-state index is -0.963. The van der Waals surface area contributed by atoms with Crippen LogP contribution in [-0.2, 0) is 6.54 Å². The zero-order valence-electron chi connectivity index (χ0n) is 12.6. The standard InChI is InChI=1S/C18H14BrN3O2/c19-15-6-14(18(23)24)7-16(8-15)20-9-12-10-21-17(22-11-12)13-4-2-1-3-5-13/h1-8,10-11,20H,9H2,(H,23,24). The third-order valence-corrected chi connectivity index (χ3v) is 3.84. The summed E-state index contributed by atoms with van der Waals surface area (Å²) in [6.07, 6.45) is 3.52. The molecule has 6 heteroatoms. The number of carboxylic acid groups (broad SMARTS) is 1. The van der Waals surface area contributed by atoms with Crippen LogP contribution in [0.1, 0.15) is 15.9 Å². The van der Waals surface area contributed by atoms with Crippen LogP contribution in [0.5, 0.6) is 0 Å². The molecular weight excluding hydrogens is 370 g/mol. The molecule has 0 fully saturated rings. The van der Waals surface area contributed by atoms with Crippen molar-refractivity contribution in [3.63, 3.8) is 0 Å². The van der Waals surface area contributed by atoms with Gasteiger partial charge < -0.3 is 10.4 Å². The summed E-state index contributed by atoms with van der Waals surface area (Å²) in [4.78, 5) is 19.8. The number of nitrogens with one attached hydrogen (secondary N) is 1. The number of carboxylic acids is 1. The van der Waals surface area contributed by atoms with Crippen molar-refractivity contribution in [1.82, 2.24) is 9.97 Å². The molecule has 3 aromatic rings. The van der Waals surface area contributed by atoms with Crippen LogP contribution in [0.2, 0.25) is 0 Å². The number of anilines is 1. The molecule has 1 aromatic heterocycles. The molecule has 0 spiro atoms. The Morgan fingerprint density at radius 3 is 2.46 bits per heavy atom. The number of hydrogen-bond donors (Lipinski definition) is 2. The molecule has 0 atom stereocenters. The Labute approximate surface area is 147 Å². The Bertz CT molecular complexity index is 852. The van der Waals surface area contributed by atoms with Gasteiger partial charge in [0.25, 0.3) is 0 Å². The highest BCUT2D eigenvalue weighted by molar-refractivity contribution is 9.10. The maximum atomic E-state index is 11.1. The number of benzene rings is 2. The maximum Gasteiger partial charge on any atom is 0.335 e. The van der Waals surface area contributed by atoms with Crippen LogP contribution in [0.25, 0.3) is 11.4 Å². The number of aromatic nitrogens is 2. The van der Waals surface area contributed by atoms with E-state index in [0.717, 1.165) is 11.1 Å². The molecule has 0 aliphatic rings. The molecule has 0 aliphatic heterocycles. The summed E-state index contributed by atoms with van der Waals surface area (Å²) in [5.74, 6) is -0.287. The Kier molecular flexibility index (Phi) is 4.86. The molecule has 2 N–H and O–H groups in total. The zero-order chi connectivity index (χ0) is 16.9. The summed E-state index contributed by atoms with van der Waals surface area (Å²) in [6, 6.07) is 14.7. The van der Waals surface area contributed by atoms with Crippen molar-refractivity contribution in [2.24, 2.45) is 0 Å². The monoisotopic (exact) mass is 383 g/mol. The van der Waals surface area contributed by atoms with Crippen LogP contribution in [0.4, 0.5) is 5.69 Å². The quantitative estimate of drug-likeness (QED) is 0.689. The van der Waals surface area contributed by atoms with E-state index in [9.17, 15) is 4.79 Å².